The second-order valence-electron chi connectivity index (χ2n) is 13.0. The second-order valence-corrected chi connectivity index (χ2v) is 13.0. The summed E-state index contributed by atoms with van der Waals surface area (Å²) in [6.07, 6.45) is 4.75. The quantitative estimate of drug-likeness (QED) is 0.174. The van der Waals surface area contributed by atoms with Crippen LogP contribution in [0.3, 0.4) is 0 Å². The molecular weight excluding hydrogens is 640 g/mol. The van der Waals surface area contributed by atoms with Gasteiger partial charge >= 0.3 is 23.9 Å². The maximum absolute atomic E-state index is 12.9. The van der Waals surface area contributed by atoms with Gasteiger partial charge in [0.1, 0.15) is 5.92 Å². The van der Waals surface area contributed by atoms with Gasteiger partial charge in [0, 0.05) is 40.8 Å². The van der Waals surface area contributed by atoms with Crippen molar-refractivity contribution in [3.8, 4) is 0 Å². The SMILES string of the molecule is C=CC1=C(C)c2cc3[nH]c(cc4nc(cc5[nH]c(cc1n2)c(C)c5CCC(=O)O)C(CCC(=O)O)=C4C)[C@@]1(C)C3=CC=C(C(=O)O)[C@H]1C(=O)O. The average molecular weight is 677 g/mol. The fourth-order valence-electron chi connectivity index (χ4n) is 7.39. The molecule has 0 saturated carbocycles. The predicted molar refractivity (Wildman–Crippen MR) is 187 cm³/mol. The van der Waals surface area contributed by atoms with Gasteiger partial charge in [-0.15, -0.1) is 0 Å². The third-order valence-corrected chi connectivity index (χ3v) is 10.1. The van der Waals surface area contributed by atoms with Crippen molar-refractivity contribution in [3.63, 3.8) is 0 Å². The van der Waals surface area contributed by atoms with E-state index in [1.807, 2.05) is 32.9 Å². The summed E-state index contributed by atoms with van der Waals surface area (Å²) in [6, 6.07) is 7.17. The Bertz CT molecular complexity index is 2260. The van der Waals surface area contributed by atoms with E-state index in [-0.39, 0.29) is 31.3 Å². The molecule has 3 aliphatic heterocycles. The predicted octanol–water partition coefficient (Wildman–Crippen LogP) is 6.34. The number of carboxylic acid groups (broad SMARTS) is 4. The lowest BCUT2D eigenvalue weighted by molar-refractivity contribution is -0.145. The number of hydrogen-bond donors (Lipinski definition) is 6. The summed E-state index contributed by atoms with van der Waals surface area (Å²) in [5, 5.41) is 39.7. The third-order valence-electron chi connectivity index (χ3n) is 10.1. The number of carbonyl (C=O) groups is 4. The van der Waals surface area contributed by atoms with Crippen molar-refractivity contribution in [2.45, 2.75) is 58.8 Å². The van der Waals surface area contributed by atoms with E-state index in [0.29, 0.717) is 61.9 Å². The number of allylic oxidation sites excluding steroid dienone is 8. The van der Waals surface area contributed by atoms with Gasteiger partial charge in [-0.2, -0.15) is 0 Å². The van der Waals surface area contributed by atoms with Crippen LogP contribution in [0.15, 0.2) is 54.6 Å². The summed E-state index contributed by atoms with van der Waals surface area (Å²) >= 11 is 0. The fourth-order valence-corrected chi connectivity index (χ4v) is 7.39. The largest absolute Gasteiger partial charge is 0.481 e. The molecule has 6 N–H and O–H groups in total. The van der Waals surface area contributed by atoms with Crippen LogP contribution in [0.1, 0.15) is 85.3 Å². The number of aromatic nitrogens is 4. The molecule has 2 aromatic rings. The third kappa shape index (κ3) is 5.52. The molecule has 0 spiro atoms. The highest BCUT2D eigenvalue weighted by molar-refractivity contribution is 6.01. The first kappa shape index (κ1) is 33.8. The van der Waals surface area contributed by atoms with E-state index in [2.05, 4.69) is 16.5 Å². The van der Waals surface area contributed by atoms with Gasteiger partial charge in [0.2, 0.25) is 0 Å². The van der Waals surface area contributed by atoms with Crippen molar-refractivity contribution in [3.05, 3.63) is 99.9 Å². The number of H-pyrrole nitrogens is 2. The smallest absolute Gasteiger partial charge is 0.332 e. The first-order valence-corrected chi connectivity index (χ1v) is 16.1. The van der Waals surface area contributed by atoms with Crippen molar-refractivity contribution in [2.24, 2.45) is 5.92 Å². The van der Waals surface area contributed by atoms with E-state index in [1.165, 1.54) is 6.08 Å². The molecule has 0 aromatic carbocycles. The second kappa shape index (κ2) is 12.4. The first-order chi connectivity index (χ1) is 23.6. The minimum absolute atomic E-state index is 0.114. The maximum Gasteiger partial charge on any atom is 0.332 e. The topological polar surface area (TPSA) is 207 Å². The molecule has 0 radical (unpaired) electrons. The van der Waals surface area contributed by atoms with E-state index < -0.39 is 35.2 Å². The number of carboxylic acids is 4. The molecule has 6 rings (SSSR count). The number of nitrogens with one attached hydrogen (secondary N) is 2. The van der Waals surface area contributed by atoms with E-state index in [9.17, 15) is 39.6 Å². The first-order valence-electron chi connectivity index (χ1n) is 16.1. The van der Waals surface area contributed by atoms with Crippen molar-refractivity contribution in [1.82, 2.24) is 19.9 Å². The summed E-state index contributed by atoms with van der Waals surface area (Å²) in [6.45, 7) is 11.3. The average Bonchev–Trinajstić information content (AvgIpc) is 3.69. The molecule has 12 heteroatoms. The van der Waals surface area contributed by atoms with Gasteiger partial charge in [-0.3, -0.25) is 14.4 Å². The molecule has 8 bridgehead atoms. The molecule has 0 unspecified atom stereocenters. The number of aliphatic carboxylic acids is 4. The molecular formula is C38H36N4O8. The Kier molecular flexibility index (Phi) is 8.42. The van der Waals surface area contributed by atoms with Crippen molar-refractivity contribution >= 4 is 62.8 Å². The molecule has 1 aliphatic carbocycles. The van der Waals surface area contributed by atoms with Crippen molar-refractivity contribution in [2.75, 3.05) is 0 Å². The molecule has 12 nitrogen and oxygen atoms in total. The van der Waals surface area contributed by atoms with E-state index in [4.69, 9.17) is 9.97 Å². The van der Waals surface area contributed by atoms with Gasteiger partial charge < -0.3 is 30.4 Å². The van der Waals surface area contributed by atoms with Crippen LogP contribution >= 0.6 is 0 Å². The number of fused-ring (bicyclic) bond motifs is 11. The van der Waals surface area contributed by atoms with Crippen LogP contribution in [0.2, 0.25) is 0 Å². The zero-order valence-electron chi connectivity index (χ0n) is 28.0. The highest BCUT2D eigenvalue weighted by atomic mass is 16.4. The van der Waals surface area contributed by atoms with Crippen LogP contribution < -0.4 is 0 Å². The van der Waals surface area contributed by atoms with Crippen molar-refractivity contribution in [1.29, 1.82) is 0 Å². The summed E-state index contributed by atoms with van der Waals surface area (Å²) < 4.78 is 0. The number of nitrogens with zero attached hydrogens (tertiary/aromatic N) is 2. The molecule has 0 fully saturated rings. The Morgan fingerprint density at radius 2 is 1.46 bits per heavy atom. The summed E-state index contributed by atoms with van der Waals surface area (Å²) in [7, 11) is 0. The number of hydrogen-bond acceptors (Lipinski definition) is 6. The minimum Gasteiger partial charge on any atom is -0.481 e. The van der Waals surface area contributed by atoms with Crippen LogP contribution in [0.4, 0.5) is 0 Å². The molecule has 50 heavy (non-hydrogen) atoms. The highest BCUT2D eigenvalue weighted by Gasteiger charge is 2.52. The molecule has 5 heterocycles. The Morgan fingerprint density at radius 3 is 2.10 bits per heavy atom. The van der Waals surface area contributed by atoms with Gasteiger partial charge in [-0.1, -0.05) is 24.8 Å². The Hall–Kier alpha value is -6.04. The Labute approximate surface area is 286 Å². The summed E-state index contributed by atoms with van der Waals surface area (Å²) in [5.74, 6) is -6.06. The molecule has 0 saturated heterocycles. The number of aromatic amines is 2. The van der Waals surface area contributed by atoms with Crippen LogP contribution in [-0.2, 0) is 31.0 Å². The monoisotopic (exact) mass is 676 g/mol. The van der Waals surface area contributed by atoms with Gasteiger partial charge in [-0.25, -0.2) is 14.8 Å². The molecule has 2 aromatic heterocycles. The molecule has 2 atom stereocenters. The highest BCUT2D eigenvalue weighted by Crippen LogP contribution is 2.52. The number of rotatable bonds is 9. The lowest BCUT2D eigenvalue weighted by Crippen LogP contribution is -2.41. The van der Waals surface area contributed by atoms with Gasteiger partial charge in [0.25, 0.3) is 0 Å². The lowest BCUT2D eigenvalue weighted by atomic mass is 9.64. The van der Waals surface area contributed by atoms with Gasteiger partial charge in [0.15, 0.2) is 0 Å². The van der Waals surface area contributed by atoms with Crippen LogP contribution in [0, 0.1) is 12.8 Å². The standard InChI is InChI=1S/C38H36N4O8/c1-6-20-17(2)26-14-31-24-10-7-23(36(47)48)35(37(49)50)38(24,5)32(42-31)16-27-19(4)22(9-12-34(45)46)30(41-27)15-29-21(8-11-33(43)44)18(3)25(40-29)13-28(20)39-26/h6-7,10,13-16,35,40,42H,1,8-9,11-12H2,2-5H3,(H,43,44)(H,45,46)(H,47,48)(H,49,50)/t35-,38+/m0/s1. The van der Waals surface area contributed by atoms with Gasteiger partial charge in [-0.05, 0) is 98.2 Å². The van der Waals surface area contributed by atoms with Crippen LogP contribution in [-0.4, -0.2) is 64.2 Å². The molecule has 4 aliphatic rings. The van der Waals surface area contributed by atoms with Crippen LogP contribution in [0.25, 0.3) is 38.9 Å². The lowest BCUT2D eigenvalue weighted by Gasteiger charge is -2.35. The zero-order valence-corrected chi connectivity index (χ0v) is 28.0. The maximum atomic E-state index is 12.9. The Morgan fingerprint density at radius 1 is 0.820 bits per heavy atom. The zero-order chi connectivity index (χ0) is 36.2. The van der Waals surface area contributed by atoms with Gasteiger partial charge in [0.05, 0.1) is 33.8 Å². The van der Waals surface area contributed by atoms with E-state index in [1.54, 1.807) is 31.2 Å². The van der Waals surface area contributed by atoms with Crippen LogP contribution in [0.5, 0.6) is 0 Å². The normalized spacial score (nSPS) is 19.0. The summed E-state index contributed by atoms with van der Waals surface area (Å²) in [4.78, 5) is 65.2. The van der Waals surface area contributed by atoms with E-state index >= 15 is 0 Å². The van der Waals surface area contributed by atoms with E-state index in [0.717, 1.165) is 22.3 Å². The molecule has 0 amide bonds. The van der Waals surface area contributed by atoms with Crippen molar-refractivity contribution < 1.29 is 39.6 Å². The summed E-state index contributed by atoms with van der Waals surface area (Å²) in [5.41, 5.74) is 7.84. The molecule has 256 valence electrons. The minimum atomic E-state index is -1.46. The Balaban J connectivity index is 1.77. The fraction of sp³-hybridized carbons (Fsp3) is 0.263. The number of aryl methyl sites for hydroxylation is 2.